The Morgan fingerprint density at radius 3 is 2.72 bits per heavy atom. The number of nitrogens with one attached hydrogen (secondary N) is 1. The van der Waals surface area contributed by atoms with Gasteiger partial charge in [0.1, 0.15) is 6.04 Å². The molecular formula is C21H34N2O5S. The van der Waals surface area contributed by atoms with Gasteiger partial charge in [-0.05, 0) is 32.6 Å². The van der Waals surface area contributed by atoms with E-state index in [0.717, 1.165) is 25.7 Å². The third-order valence-electron chi connectivity index (χ3n) is 6.81. The number of ether oxygens (including phenoxy) is 1. The van der Waals surface area contributed by atoms with E-state index in [1.807, 2.05) is 0 Å². The number of unbranched alkanes of at least 4 members (excludes halogenated alkanes) is 2. The smallest absolute Gasteiger partial charge is 0.310 e. The first-order chi connectivity index (χ1) is 13.8. The van der Waals surface area contributed by atoms with Crippen molar-refractivity contribution in [2.75, 3.05) is 19.8 Å². The zero-order valence-electron chi connectivity index (χ0n) is 17.8. The summed E-state index contributed by atoms with van der Waals surface area (Å²) < 4.78 is 4.66. The van der Waals surface area contributed by atoms with Crippen molar-refractivity contribution >= 4 is 29.5 Å². The molecule has 3 rings (SSSR count). The molecule has 0 aromatic carbocycles. The van der Waals surface area contributed by atoms with Gasteiger partial charge in [-0.1, -0.05) is 26.7 Å². The first-order valence-electron chi connectivity index (χ1n) is 10.9. The van der Waals surface area contributed by atoms with Gasteiger partial charge >= 0.3 is 5.97 Å². The third kappa shape index (κ3) is 3.46. The molecule has 1 spiro atoms. The number of aliphatic hydroxyl groups is 1. The van der Waals surface area contributed by atoms with Crippen LogP contribution in [0.25, 0.3) is 0 Å². The molecule has 2 N–H and O–H groups in total. The highest BCUT2D eigenvalue weighted by Crippen LogP contribution is 2.68. The Kier molecular flexibility index (Phi) is 6.83. The number of hydrogen-bond donors (Lipinski definition) is 2. The zero-order chi connectivity index (χ0) is 21.3. The molecule has 164 valence electrons. The van der Waals surface area contributed by atoms with E-state index in [-0.39, 0.29) is 42.2 Å². The first kappa shape index (κ1) is 22.4. The van der Waals surface area contributed by atoms with Crippen LogP contribution in [0.2, 0.25) is 0 Å². The molecule has 7 atom stereocenters. The number of carbonyl (C=O) groups excluding carboxylic acids is 3. The summed E-state index contributed by atoms with van der Waals surface area (Å²) in [6.45, 7) is 8.34. The number of amides is 2. The van der Waals surface area contributed by atoms with Crippen LogP contribution in [-0.2, 0) is 19.1 Å². The highest BCUT2D eigenvalue weighted by Gasteiger charge is 2.76. The van der Waals surface area contributed by atoms with Crippen LogP contribution in [0.3, 0.4) is 0 Å². The standard InChI is InChI=1S/C21H34N2O5S/c1-5-7-8-9-22-18(25)17-21-12(3)10-14(29-21)15(20(27)28-6-2)16(21)19(26)23(17)13(4)11-24/h12-17,24H,5-11H2,1-4H3,(H,22,25)/t12?,13-,14-,15+,16+,17?,21?/m1/s1. The van der Waals surface area contributed by atoms with Crippen molar-refractivity contribution in [3.8, 4) is 0 Å². The van der Waals surface area contributed by atoms with E-state index in [2.05, 4.69) is 19.2 Å². The van der Waals surface area contributed by atoms with Gasteiger partial charge in [-0.2, -0.15) is 0 Å². The largest absolute Gasteiger partial charge is 0.466 e. The van der Waals surface area contributed by atoms with Crippen molar-refractivity contribution in [1.82, 2.24) is 10.2 Å². The Hall–Kier alpha value is -1.28. The van der Waals surface area contributed by atoms with E-state index in [4.69, 9.17) is 4.74 Å². The number of aliphatic hydroxyl groups excluding tert-OH is 1. The minimum Gasteiger partial charge on any atom is -0.466 e. The summed E-state index contributed by atoms with van der Waals surface area (Å²) in [5.41, 5.74) is 0. The quantitative estimate of drug-likeness (QED) is 0.429. The van der Waals surface area contributed by atoms with Gasteiger partial charge in [0.2, 0.25) is 11.8 Å². The van der Waals surface area contributed by atoms with Crippen LogP contribution >= 0.6 is 11.8 Å². The van der Waals surface area contributed by atoms with Crippen LogP contribution in [0.1, 0.15) is 53.4 Å². The maximum Gasteiger partial charge on any atom is 0.310 e. The Bertz CT molecular complexity index is 659. The molecule has 0 aromatic heterocycles. The summed E-state index contributed by atoms with van der Waals surface area (Å²) in [6, 6.07) is -1.16. The van der Waals surface area contributed by atoms with E-state index in [1.165, 1.54) is 0 Å². The average molecular weight is 427 g/mol. The van der Waals surface area contributed by atoms with Crippen LogP contribution < -0.4 is 5.32 Å². The number of hydrogen-bond acceptors (Lipinski definition) is 6. The van der Waals surface area contributed by atoms with Gasteiger partial charge in [0.15, 0.2) is 0 Å². The minimum absolute atomic E-state index is 0.0000240. The molecule has 8 heteroatoms. The Morgan fingerprint density at radius 2 is 2.10 bits per heavy atom. The lowest BCUT2D eigenvalue weighted by Gasteiger charge is -2.39. The Labute approximate surface area is 177 Å². The monoisotopic (exact) mass is 426 g/mol. The average Bonchev–Trinajstić information content (AvgIpc) is 3.28. The van der Waals surface area contributed by atoms with E-state index in [0.29, 0.717) is 6.54 Å². The van der Waals surface area contributed by atoms with E-state index >= 15 is 0 Å². The van der Waals surface area contributed by atoms with Gasteiger partial charge in [0, 0.05) is 11.8 Å². The summed E-state index contributed by atoms with van der Waals surface area (Å²) in [7, 11) is 0. The van der Waals surface area contributed by atoms with Gasteiger partial charge < -0.3 is 20.1 Å². The summed E-state index contributed by atoms with van der Waals surface area (Å²) in [6.07, 6.45) is 3.78. The van der Waals surface area contributed by atoms with Crippen LogP contribution in [0.15, 0.2) is 0 Å². The van der Waals surface area contributed by atoms with Gasteiger partial charge in [-0.3, -0.25) is 14.4 Å². The van der Waals surface area contributed by atoms with Crippen LogP contribution in [0, 0.1) is 17.8 Å². The number of esters is 1. The molecule has 2 amide bonds. The molecule has 3 unspecified atom stereocenters. The predicted octanol–water partition coefficient (Wildman–Crippen LogP) is 1.57. The van der Waals surface area contributed by atoms with E-state index in [9.17, 15) is 19.5 Å². The summed E-state index contributed by atoms with van der Waals surface area (Å²) in [5.74, 6) is -1.66. The molecule has 3 aliphatic heterocycles. The number of likely N-dealkylation sites (tertiary alicyclic amines) is 1. The molecule has 0 aromatic rings. The maximum absolute atomic E-state index is 13.5. The van der Waals surface area contributed by atoms with Crippen molar-refractivity contribution in [3.63, 3.8) is 0 Å². The van der Waals surface area contributed by atoms with Gasteiger partial charge in [-0.15, -0.1) is 11.8 Å². The predicted molar refractivity (Wildman–Crippen MR) is 111 cm³/mol. The highest BCUT2D eigenvalue weighted by atomic mass is 32.2. The van der Waals surface area contributed by atoms with Crippen LogP contribution in [0.4, 0.5) is 0 Å². The fraction of sp³-hybridized carbons (Fsp3) is 0.857. The first-order valence-corrected chi connectivity index (χ1v) is 11.8. The lowest BCUT2D eigenvalue weighted by Crippen LogP contribution is -2.58. The number of rotatable bonds is 9. The Balaban J connectivity index is 1.96. The molecule has 0 aliphatic carbocycles. The fourth-order valence-corrected chi connectivity index (χ4v) is 7.91. The molecular weight excluding hydrogens is 392 g/mol. The number of nitrogens with zero attached hydrogens (tertiary/aromatic N) is 1. The molecule has 2 bridgehead atoms. The van der Waals surface area contributed by atoms with Gasteiger partial charge in [-0.25, -0.2) is 0 Å². The molecule has 29 heavy (non-hydrogen) atoms. The van der Waals surface area contributed by atoms with Crippen molar-refractivity contribution in [2.24, 2.45) is 17.8 Å². The summed E-state index contributed by atoms with van der Waals surface area (Å²) >= 11 is 1.63. The topological polar surface area (TPSA) is 95.9 Å². The second-order valence-electron chi connectivity index (χ2n) is 8.58. The van der Waals surface area contributed by atoms with Crippen molar-refractivity contribution in [2.45, 2.75) is 75.5 Å². The molecule has 3 aliphatic rings. The fourth-order valence-electron chi connectivity index (χ4n) is 5.51. The zero-order valence-corrected chi connectivity index (χ0v) is 18.7. The van der Waals surface area contributed by atoms with E-state index in [1.54, 1.807) is 30.5 Å². The minimum atomic E-state index is -0.673. The van der Waals surface area contributed by atoms with Crippen LogP contribution in [0.5, 0.6) is 0 Å². The molecule has 0 radical (unpaired) electrons. The molecule has 3 fully saturated rings. The summed E-state index contributed by atoms with van der Waals surface area (Å²) in [5, 5.41) is 12.8. The summed E-state index contributed by atoms with van der Waals surface area (Å²) in [4.78, 5) is 41.2. The Morgan fingerprint density at radius 1 is 1.38 bits per heavy atom. The van der Waals surface area contributed by atoms with Gasteiger partial charge in [0.25, 0.3) is 0 Å². The normalized spacial score (nSPS) is 36.2. The lowest BCUT2D eigenvalue weighted by atomic mass is 9.66. The molecule has 3 heterocycles. The number of thioether (sulfide) groups is 1. The SMILES string of the molecule is CCCCCNC(=O)C1N([C@H](C)CO)C(=O)[C@@H]2[C@@H](C(=O)OCC)[C@H]3CC(C)C12S3. The van der Waals surface area contributed by atoms with Gasteiger partial charge in [0.05, 0.1) is 35.8 Å². The second kappa shape index (κ2) is 8.84. The van der Waals surface area contributed by atoms with Crippen molar-refractivity contribution in [3.05, 3.63) is 0 Å². The number of fused-ring (bicyclic) bond motifs is 1. The van der Waals surface area contributed by atoms with Crippen molar-refractivity contribution in [1.29, 1.82) is 0 Å². The molecule has 0 saturated carbocycles. The van der Waals surface area contributed by atoms with Crippen molar-refractivity contribution < 1.29 is 24.2 Å². The second-order valence-corrected chi connectivity index (χ2v) is 10.1. The van der Waals surface area contributed by atoms with E-state index < -0.39 is 28.7 Å². The maximum atomic E-state index is 13.5. The number of carbonyl (C=O) groups is 3. The lowest BCUT2D eigenvalue weighted by molar-refractivity contribution is -0.154. The molecule has 3 saturated heterocycles. The highest BCUT2D eigenvalue weighted by molar-refractivity contribution is 8.02. The molecule has 7 nitrogen and oxygen atoms in total. The third-order valence-corrected chi connectivity index (χ3v) is 8.89. The van der Waals surface area contributed by atoms with Crippen LogP contribution in [-0.4, -0.2) is 69.6 Å².